The first kappa shape index (κ1) is 15.6. The lowest BCUT2D eigenvalue weighted by Crippen LogP contribution is -2.15. The summed E-state index contributed by atoms with van der Waals surface area (Å²) < 4.78 is 13.8. The van der Waals surface area contributed by atoms with Crippen molar-refractivity contribution in [3.8, 4) is 0 Å². The number of anilines is 1. The Morgan fingerprint density at radius 1 is 1.24 bits per heavy atom. The summed E-state index contributed by atoms with van der Waals surface area (Å²) in [7, 11) is 0. The average molecular weight is 367 g/mol. The molecule has 21 heavy (non-hydrogen) atoms. The van der Waals surface area contributed by atoms with E-state index in [-0.39, 0.29) is 10.6 Å². The fraction of sp³-hybridized carbons (Fsp3) is 0.0667. The third-order valence-electron chi connectivity index (χ3n) is 2.90. The van der Waals surface area contributed by atoms with E-state index in [0.29, 0.717) is 15.7 Å². The number of hydrogen-bond acceptors (Lipinski definition) is 2. The highest BCUT2D eigenvalue weighted by Gasteiger charge is 2.11. The minimum atomic E-state index is -0.483. The Kier molecular flexibility index (Phi) is 4.69. The van der Waals surface area contributed by atoms with Crippen LogP contribution in [0, 0.1) is 12.7 Å². The Bertz CT molecular complexity index is 713. The summed E-state index contributed by atoms with van der Waals surface area (Å²) in [5.74, 6) is -0.887. The maximum absolute atomic E-state index is 13.3. The zero-order valence-corrected chi connectivity index (χ0v) is 13.5. The molecule has 108 valence electrons. The van der Waals surface area contributed by atoms with Crippen LogP contribution >= 0.6 is 28.1 Å². The largest absolute Gasteiger partial charge is 0.389 e. The van der Waals surface area contributed by atoms with E-state index in [2.05, 4.69) is 21.2 Å². The van der Waals surface area contributed by atoms with Crippen molar-refractivity contribution in [2.24, 2.45) is 5.73 Å². The van der Waals surface area contributed by atoms with Gasteiger partial charge in [0.15, 0.2) is 0 Å². The topological polar surface area (TPSA) is 55.1 Å². The smallest absolute Gasteiger partial charge is 0.255 e. The molecule has 0 bridgehead atoms. The molecule has 0 saturated heterocycles. The van der Waals surface area contributed by atoms with Crippen LogP contribution in [0.4, 0.5) is 10.1 Å². The van der Waals surface area contributed by atoms with Crippen LogP contribution in [0.1, 0.15) is 21.5 Å². The Balaban J connectivity index is 2.31. The Hall–Kier alpha value is -1.79. The zero-order valence-electron chi connectivity index (χ0n) is 11.1. The molecule has 3 nitrogen and oxygen atoms in total. The number of hydrogen-bond donors (Lipinski definition) is 2. The summed E-state index contributed by atoms with van der Waals surface area (Å²) in [5, 5.41) is 2.73. The molecule has 0 aliphatic heterocycles. The van der Waals surface area contributed by atoms with Gasteiger partial charge in [-0.2, -0.15) is 0 Å². The Morgan fingerprint density at radius 3 is 2.57 bits per heavy atom. The molecule has 0 aliphatic rings. The fourth-order valence-corrected chi connectivity index (χ4v) is 2.38. The summed E-state index contributed by atoms with van der Waals surface area (Å²) in [5.41, 5.74) is 7.91. The number of thiocarbonyl (C=S) groups is 1. The van der Waals surface area contributed by atoms with E-state index in [9.17, 15) is 9.18 Å². The van der Waals surface area contributed by atoms with Crippen LogP contribution in [0.3, 0.4) is 0 Å². The quantitative estimate of drug-likeness (QED) is 0.812. The molecule has 1 amide bonds. The van der Waals surface area contributed by atoms with E-state index in [1.165, 1.54) is 12.1 Å². The van der Waals surface area contributed by atoms with E-state index < -0.39 is 11.7 Å². The fourth-order valence-electron chi connectivity index (χ4n) is 1.79. The molecule has 2 aromatic rings. The van der Waals surface area contributed by atoms with Gasteiger partial charge >= 0.3 is 0 Å². The Labute approximate surface area is 135 Å². The first-order valence-electron chi connectivity index (χ1n) is 6.04. The number of rotatable bonds is 3. The minimum Gasteiger partial charge on any atom is -0.389 e. The van der Waals surface area contributed by atoms with Crippen LogP contribution < -0.4 is 11.1 Å². The highest BCUT2D eigenvalue weighted by atomic mass is 79.9. The van der Waals surface area contributed by atoms with Gasteiger partial charge in [0.05, 0.1) is 0 Å². The maximum atomic E-state index is 13.3. The van der Waals surface area contributed by atoms with Crippen molar-refractivity contribution in [2.75, 3.05) is 5.32 Å². The normalized spacial score (nSPS) is 10.2. The number of amides is 1. The van der Waals surface area contributed by atoms with Crippen LogP contribution in [0.15, 0.2) is 40.9 Å². The summed E-state index contributed by atoms with van der Waals surface area (Å²) in [6.07, 6.45) is 0. The third kappa shape index (κ3) is 3.86. The van der Waals surface area contributed by atoms with E-state index in [0.717, 1.165) is 5.56 Å². The van der Waals surface area contributed by atoms with Crippen molar-refractivity contribution in [3.63, 3.8) is 0 Å². The molecular formula is C15H12BrFN2OS. The number of nitrogens with two attached hydrogens (primary N) is 1. The van der Waals surface area contributed by atoms with Crippen molar-refractivity contribution in [2.45, 2.75) is 6.92 Å². The van der Waals surface area contributed by atoms with Crippen molar-refractivity contribution >= 4 is 44.7 Å². The molecule has 0 aromatic heterocycles. The monoisotopic (exact) mass is 366 g/mol. The molecule has 0 saturated carbocycles. The van der Waals surface area contributed by atoms with E-state index >= 15 is 0 Å². The number of carbonyl (C=O) groups is 1. The standard InChI is InChI=1S/C15H12BrFN2OS/c1-8-2-3-9(14(18)21)6-13(8)19-15(20)10-4-11(16)7-12(17)5-10/h2-7H,1H3,(H2,18,21)(H,19,20). The van der Waals surface area contributed by atoms with Gasteiger partial charge < -0.3 is 11.1 Å². The summed E-state index contributed by atoms with van der Waals surface area (Å²) in [4.78, 5) is 12.4. The molecule has 0 fully saturated rings. The van der Waals surface area contributed by atoms with Crippen LogP contribution in [0.5, 0.6) is 0 Å². The van der Waals surface area contributed by atoms with Gasteiger partial charge in [0, 0.05) is 21.3 Å². The Morgan fingerprint density at radius 2 is 1.95 bits per heavy atom. The zero-order chi connectivity index (χ0) is 15.6. The predicted octanol–water partition coefficient (Wildman–Crippen LogP) is 3.78. The molecular weight excluding hydrogens is 355 g/mol. The molecule has 0 atom stereocenters. The van der Waals surface area contributed by atoms with Crippen molar-refractivity contribution in [1.29, 1.82) is 0 Å². The molecule has 2 aromatic carbocycles. The number of carbonyl (C=O) groups excluding carboxylic acids is 1. The van der Waals surface area contributed by atoms with Crippen LogP contribution in [0.2, 0.25) is 0 Å². The number of aryl methyl sites for hydroxylation is 1. The molecule has 0 aliphatic carbocycles. The third-order valence-corrected chi connectivity index (χ3v) is 3.59. The second kappa shape index (κ2) is 6.32. The first-order valence-corrected chi connectivity index (χ1v) is 7.25. The summed E-state index contributed by atoms with van der Waals surface area (Å²) >= 11 is 8.07. The highest BCUT2D eigenvalue weighted by Crippen LogP contribution is 2.20. The van der Waals surface area contributed by atoms with Gasteiger partial charge in [-0.25, -0.2) is 4.39 Å². The minimum absolute atomic E-state index is 0.224. The second-order valence-electron chi connectivity index (χ2n) is 4.51. The molecule has 0 radical (unpaired) electrons. The van der Waals surface area contributed by atoms with Gasteiger partial charge in [-0.05, 0) is 36.8 Å². The van der Waals surface area contributed by atoms with Gasteiger partial charge in [0.25, 0.3) is 5.91 Å². The summed E-state index contributed by atoms with van der Waals surface area (Å²) in [6.45, 7) is 1.85. The lowest BCUT2D eigenvalue weighted by molar-refractivity contribution is 0.102. The molecule has 0 heterocycles. The van der Waals surface area contributed by atoms with E-state index in [4.69, 9.17) is 18.0 Å². The first-order chi connectivity index (χ1) is 9.86. The van der Waals surface area contributed by atoms with Gasteiger partial charge in [0.2, 0.25) is 0 Å². The van der Waals surface area contributed by atoms with Crippen LogP contribution in [-0.2, 0) is 0 Å². The van der Waals surface area contributed by atoms with Crippen molar-refractivity contribution in [3.05, 3.63) is 63.4 Å². The number of benzene rings is 2. The predicted molar refractivity (Wildman–Crippen MR) is 89.1 cm³/mol. The molecule has 3 N–H and O–H groups in total. The van der Waals surface area contributed by atoms with Crippen molar-refractivity contribution in [1.82, 2.24) is 0 Å². The van der Waals surface area contributed by atoms with E-state index in [1.54, 1.807) is 18.2 Å². The van der Waals surface area contributed by atoms with E-state index in [1.807, 2.05) is 13.0 Å². The highest BCUT2D eigenvalue weighted by molar-refractivity contribution is 9.10. The van der Waals surface area contributed by atoms with Gasteiger partial charge in [0.1, 0.15) is 10.8 Å². The maximum Gasteiger partial charge on any atom is 0.255 e. The number of nitrogens with one attached hydrogen (secondary N) is 1. The average Bonchev–Trinajstić information content (AvgIpc) is 2.39. The lowest BCUT2D eigenvalue weighted by atomic mass is 10.1. The van der Waals surface area contributed by atoms with Gasteiger partial charge in [-0.1, -0.05) is 40.3 Å². The summed E-state index contributed by atoms with van der Waals surface area (Å²) in [6, 6.07) is 9.30. The number of halogens is 2. The lowest BCUT2D eigenvalue weighted by Gasteiger charge is -2.10. The van der Waals surface area contributed by atoms with Crippen molar-refractivity contribution < 1.29 is 9.18 Å². The molecule has 0 spiro atoms. The molecule has 0 unspecified atom stereocenters. The SMILES string of the molecule is Cc1ccc(C(N)=S)cc1NC(=O)c1cc(F)cc(Br)c1. The molecule has 6 heteroatoms. The second-order valence-corrected chi connectivity index (χ2v) is 5.86. The van der Waals surface area contributed by atoms with Gasteiger partial charge in [-0.15, -0.1) is 0 Å². The van der Waals surface area contributed by atoms with Crippen LogP contribution in [0.25, 0.3) is 0 Å². The molecule has 2 rings (SSSR count). The van der Waals surface area contributed by atoms with Gasteiger partial charge in [-0.3, -0.25) is 4.79 Å². The van der Waals surface area contributed by atoms with Crippen LogP contribution in [-0.4, -0.2) is 10.9 Å².